The van der Waals surface area contributed by atoms with E-state index in [0.29, 0.717) is 35.5 Å². The highest BCUT2D eigenvalue weighted by Crippen LogP contribution is 2.37. The van der Waals surface area contributed by atoms with E-state index in [0.717, 1.165) is 18.5 Å². The van der Waals surface area contributed by atoms with Crippen molar-refractivity contribution in [1.29, 1.82) is 0 Å². The van der Waals surface area contributed by atoms with Crippen molar-refractivity contribution in [3.05, 3.63) is 71.9 Å². The number of benzene rings is 2. The topological polar surface area (TPSA) is 110 Å². The number of ether oxygens (including phenoxy) is 2. The molecule has 1 amide bonds. The van der Waals surface area contributed by atoms with Gasteiger partial charge in [-0.25, -0.2) is 18.1 Å². The summed E-state index contributed by atoms with van der Waals surface area (Å²) in [4.78, 5) is 19.7. The van der Waals surface area contributed by atoms with Gasteiger partial charge < -0.3 is 19.7 Å². The Bertz CT molecular complexity index is 1440. The summed E-state index contributed by atoms with van der Waals surface area (Å²) in [6.07, 6.45) is 2.57. The van der Waals surface area contributed by atoms with Gasteiger partial charge in [0.05, 0.1) is 10.5 Å². The maximum atomic E-state index is 13.2. The number of pyridine rings is 1. The molecule has 1 saturated heterocycles. The molecule has 3 heterocycles. The van der Waals surface area contributed by atoms with Crippen LogP contribution in [0.1, 0.15) is 43.1 Å². The van der Waals surface area contributed by atoms with Gasteiger partial charge in [0.25, 0.3) is 15.9 Å². The Morgan fingerprint density at radius 3 is 2.70 bits per heavy atom. The summed E-state index contributed by atoms with van der Waals surface area (Å²) >= 11 is 0. The van der Waals surface area contributed by atoms with Gasteiger partial charge in [-0.2, -0.15) is 0 Å². The number of hydrogen-bond acceptors (Lipinski definition) is 8. The van der Waals surface area contributed by atoms with Gasteiger partial charge in [0.15, 0.2) is 11.5 Å². The molecule has 2 aliphatic rings. The second-order valence-corrected chi connectivity index (χ2v) is 11.8. The quantitative estimate of drug-likeness (QED) is 0.476. The van der Waals surface area contributed by atoms with E-state index in [1.54, 1.807) is 30.5 Å². The van der Waals surface area contributed by atoms with E-state index in [2.05, 4.69) is 40.7 Å². The molecule has 37 heavy (non-hydrogen) atoms. The monoisotopic (exact) mass is 522 g/mol. The Morgan fingerprint density at radius 1 is 1.11 bits per heavy atom. The average Bonchev–Trinajstić information content (AvgIpc) is 3.44. The molecule has 0 saturated carbocycles. The third kappa shape index (κ3) is 5.20. The van der Waals surface area contributed by atoms with E-state index in [1.807, 2.05) is 18.2 Å². The Labute approximate surface area is 216 Å². The van der Waals surface area contributed by atoms with Crippen LogP contribution in [0.15, 0.2) is 65.7 Å². The van der Waals surface area contributed by atoms with E-state index in [-0.39, 0.29) is 22.8 Å². The van der Waals surface area contributed by atoms with E-state index < -0.39 is 15.9 Å². The van der Waals surface area contributed by atoms with Gasteiger partial charge in [0, 0.05) is 30.5 Å². The maximum absolute atomic E-state index is 13.2. The van der Waals surface area contributed by atoms with Gasteiger partial charge >= 0.3 is 0 Å². The number of sulfonamides is 1. The number of rotatable bonds is 7. The van der Waals surface area contributed by atoms with Crippen LogP contribution in [0, 0.1) is 5.92 Å². The first-order chi connectivity index (χ1) is 17.6. The Kier molecular flexibility index (Phi) is 6.45. The van der Waals surface area contributed by atoms with Crippen molar-refractivity contribution in [1.82, 2.24) is 9.71 Å². The lowest BCUT2D eigenvalue weighted by Gasteiger charge is -2.33. The molecule has 2 N–H and O–H groups in total. The molecule has 2 aliphatic heterocycles. The van der Waals surface area contributed by atoms with Crippen LogP contribution in [0.4, 0.5) is 11.5 Å². The molecule has 2 aromatic carbocycles. The standard InChI is InChI=1S/C27H30N4O5S/c1-18-14-27(2,3)31(16-18)25-22(8-5-11-28-25)26(32)30-37(33,34)21-7-4-6-20(13-21)29-15-19-9-10-23-24(12-19)36-17-35-23/h4-13,18,29H,14-17H2,1-3H3,(H,30,32). The van der Waals surface area contributed by atoms with Gasteiger partial charge in [-0.3, -0.25) is 4.79 Å². The number of hydrogen-bond donors (Lipinski definition) is 2. The van der Waals surface area contributed by atoms with E-state index in [9.17, 15) is 13.2 Å². The minimum atomic E-state index is -4.12. The Balaban J connectivity index is 1.31. The summed E-state index contributed by atoms with van der Waals surface area (Å²) in [5.74, 6) is 1.59. The summed E-state index contributed by atoms with van der Waals surface area (Å²) in [7, 11) is -4.12. The first-order valence-electron chi connectivity index (χ1n) is 12.1. The van der Waals surface area contributed by atoms with Crippen LogP contribution in [0.3, 0.4) is 0 Å². The molecule has 1 fully saturated rings. The predicted molar refractivity (Wildman–Crippen MR) is 140 cm³/mol. The van der Waals surface area contributed by atoms with Gasteiger partial charge in [0.1, 0.15) is 5.82 Å². The van der Waals surface area contributed by atoms with Crippen LogP contribution >= 0.6 is 0 Å². The number of nitrogens with one attached hydrogen (secondary N) is 2. The molecule has 3 aromatic rings. The van der Waals surface area contributed by atoms with Crippen LogP contribution < -0.4 is 24.4 Å². The van der Waals surface area contributed by atoms with E-state index in [1.165, 1.54) is 12.1 Å². The van der Waals surface area contributed by atoms with Crippen molar-refractivity contribution < 1.29 is 22.7 Å². The molecule has 0 aliphatic carbocycles. The zero-order valence-electron chi connectivity index (χ0n) is 21.0. The zero-order chi connectivity index (χ0) is 26.2. The highest BCUT2D eigenvalue weighted by atomic mass is 32.2. The number of carbonyl (C=O) groups excluding carboxylic acids is 1. The second-order valence-electron chi connectivity index (χ2n) is 10.1. The third-order valence-corrected chi connectivity index (χ3v) is 7.99. The highest BCUT2D eigenvalue weighted by molar-refractivity contribution is 7.90. The lowest BCUT2D eigenvalue weighted by atomic mass is 9.97. The third-order valence-electron chi connectivity index (χ3n) is 6.66. The van der Waals surface area contributed by atoms with Crippen molar-refractivity contribution in [3.63, 3.8) is 0 Å². The molecule has 1 atom stereocenters. The Morgan fingerprint density at radius 2 is 1.92 bits per heavy atom. The largest absolute Gasteiger partial charge is 0.454 e. The lowest BCUT2D eigenvalue weighted by Crippen LogP contribution is -2.40. The van der Waals surface area contributed by atoms with Crippen molar-refractivity contribution in [2.75, 3.05) is 23.6 Å². The molecule has 9 nitrogen and oxygen atoms in total. The van der Waals surface area contributed by atoms with Gasteiger partial charge in [-0.1, -0.05) is 19.1 Å². The first kappa shape index (κ1) is 24.9. The smallest absolute Gasteiger partial charge is 0.268 e. The minimum absolute atomic E-state index is 0.0166. The average molecular weight is 523 g/mol. The van der Waals surface area contributed by atoms with Crippen LogP contribution in [-0.4, -0.2) is 38.2 Å². The van der Waals surface area contributed by atoms with Gasteiger partial charge in [-0.15, -0.1) is 0 Å². The lowest BCUT2D eigenvalue weighted by molar-refractivity contribution is 0.0981. The van der Waals surface area contributed by atoms with Crippen LogP contribution in [0.25, 0.3) is 0 Å². The molecule has 1 unspecified atom stereocenters. The van der Waals surface area contributed by atoms with Gasteiger partial charge in [0.2, 0.25) is 6.79 Å². The van der Waals surface area contributed by atoms with Crippen LogP contribution in [0.2, 0.25) is 0 Å². The zero-order valence-corrected chi connectivity index (χ0v) is 21.8. The van der Waals surface area contributed by atoms with Crippen molar-refractivity contribution >= 4 is 27.4 Å². The minimum Gasteiger partial charge on any atom is -0.454 e. The summed E-state index contributed by atoms with van der Waals surface area (Å²) in [5.41, 5.74) is 1.59. The molecule has 5 rings (SSSR count). The van der Waals surface area contributed by atoms with Crippen molar-refractivity contribution in [2.45, 2.75) is 44.2 Å². The first-order valence-corrected chi connectivity index (χ1v) is 13.6. The molecule has 194 valence electrons. The number of nitrogens with zero attached hydrogens (tertiary/aromatic N) is 2. The summed E-state index contributed by atoms with van der Waals surface area (Å²) in [5, 5.41) is 3.22. The van der Waals surface area contributed by atoms with E-state index >= 15 is 0 Å². The maximum Gasteiger partial charge on any atom is 0.268 e. The Hall–Kier alpha value is -3.79. The molecule has 0 bridgehead atoms. The SMILES string of the molecule is CC1CN(c2ncccc2C(=O)NS(=O)(=O)c2cccc(NCc3ccc4c(c3)OCO4)c2)C(C)(C)C1. The number of anilines is 2. The molecular formula is C27H30N4O5S. The fourth-order valence-corrected chi connectivity index (χ4v) is 6.02. The number of carbonyl (C=O) groups is 1. The van der Waals surface area contributed by atoms with E-state index in [4.69, 9.17) is 9.47 Å². The summed E-state index contributed by atoms with van der Waals surface area (Å²) in [6, 6.07) is 15.2. The highest BCUT2D eigenvalue weighted by Gasteiger charge is 2.39. The normalized spacial score (nSPS) is 18.0. The molecule has 0 radical (unpaired) electrons. The number of aromatic nitrogens is 1. The fraction of sp³-hybridized carbons (Fsp3) is 0.333. The van der Waals surface area contributed by atoms with Crippen molar-refractivity contribution in [3.8, 4) is 11.5 Å². The van der Waals surface area contributed by atoms with Gasteiger partial charge in [-0.05, 0) is 74.2 Å². The molecule has 10 heteroatoms. The second kappa shape index (κ2) is 9.59. The molecular weight excluding hydrogens is 492 g/mol. The van der Waals surface area contributed by atoms with Crippen molar-refractivity contribution in [2.24, 2.45) is 5.92 Å². The fourth-order valence-electron chi connectivity index (χ4n) is 5.01. The number of amides is 1. The van der Waals surface area contributed by atoms with Crippen LogP contribution in [0.5, 0.6) is 11.5 Å². The molecule has 0 spiro atoms. The number of fused-ring (bicyclic) bond motifs is 1. The molecule has 1 aromatic heterocycles. The summed E-state index contributed by atoms with van der Waals surface area (Å²) < 4.78 is 39.3. The predicted octanol–water partition coefficient (Wildman–Crippen LogP) is 4.17. The summed E-state index contributed by atoms with van der Waals surface area (Å²) in [6.45, 7) is 7.76. The van der Waals surface area contributed by atoms with Crippen LogP contribution in [-0.2, 0) is 16.6 Å².